The molecular weight excluding hydrogens is 166 g/mol. The molecule has 0 atom stereocenters. The molecule has 1 aromatic carbocycles. The Hall–Kier alpha value is -1.51. The zero-order valence-corrected chi connectivity index (χ0v) is 7.83. The number of benzene rings is 1. The van der Waals surface area contributed by atoms with Crippen molar-refractivity contribution in [1.29, 1.82) is 0 Å². The molecule has 0 saturated heterocycles. The molecule has 3 nitrogen and oxygen atoms in total. The largest absolute Gasteiger partial charge is 0.444 e. The first-order valence-corrected chi connectivity index (χ1v) is 4.38. The van der Waals surface area contributed by atoms with Crippen molar-refractivity contribution in [2.24, 2.45) is 0 Å². The zero-order chi connectivity index (χ0) is 9.68. The average molecular weight is 179 g/mol. The standard InChI is InChI=1S/C8H7NO2.C2H6/c10-8-9-7-4-2-1-3-6(7)5-11-8;1-2/h1-4H,5H2,(H,9,10);1-2H3. The van der Waals surface area contributed by atoms with E-state index >= 15 is 0 Å². The van der Waals surface area contributed by atoms with Gasteiger partial charge >= 0.3 is 6.09 Å². The number of anilines is 1. The monoisotopic (exact) mass is 179 g/mol. The number of nitrogens with one attached hydrogen (secondary N) is 1. The van der Waals surface area contributed by atoms with Crippen molar-refractivity contribution in [3.8, 4) is 0 Å². The topological polar surface area (TPSA) is 38.3 Å². The van der Waals surface area contributed by atoms with Crippen LogP contribution in [0.2, 0.25) is 0 Å². The minimum Gasteiger partial charge on any atom is -0.444 e. The first-order chi connectivity index (χ1) is 6.36. The second kappa shape index (κ2) is 4.50. The molecule has 0 aliphatic carbocycles. The predicted molar refractivity (Wildman–Crippen MR) is 51.6 cm³/mol. The maximum absolute atomic E-state index is 10.7. The molecule has 70 valence electrons. The fraction of sp³-hybridized carbons (Fsp3) is 0.300. The maximum Gasteiger partial charge on any atom is 0.411 e. The van der Waals surface area contributed by atoms with E-state index in [1.54, 1.807) is 0 Å². The SMILES string of the molecule is CC.O=C1Nc2ccccc2CO1. The lowest BCUT2D eigenvalue weighted by atomic mass is 10.2. The minimum absolute atomic E-state index is 0.372. The van der Waals surface area contributed by atoms with Crippen LogP contribution >= 0.6 is 0 Å². The summed E-state index contributed by atoms with van der Waals surface area (Å²) in [4.78, 5) is 10.7. The van der Waals surface area contributed by atoms with Crippen LogP contribution in [0.5, 0.6) is 0 Å². The van der Waals surface area contributed by atoms with Crippen LogP contribution in [-0.2, 0) is 11.3 Å². The van der Waals surface area contributed by atoms with E-state index in [4.69, 9.17) is 4.74 Å². The van der Waals surface area contributed by atoms with Gasteiger partial charge in [-0.05, 0) is 6.07 Å². The molecule has 1 aliphatic rings. The van der Waals surface area contributed by atoms with E-state index in [0.29, 0.717) is 6.61 Å². The van der Waals surface area contributed by atoms with E-state index in [9.17, 15) is 4.79 Å². The molecule has 0 aromatic heterocycles. The van der Waals surface area contributed by atoms with Crippen LogP contribution < -0.4 is 5.32 Å². The zero-order valence-electron chi connectivity index (χ0n) is 7.83. The predicted octanol–water partition coefficient (Wildman–Crippen LogP) is 2.77. The third-order valence-electron chi connectivity index (χ3n) is 1.61. The van der Waals surface area contributed by atoms with E-state index in [0.717, 1.165) is 11.3 Å². The number of cyclic esters (lactones) is 1. The summed E-state index contributed by atoms with van der Waals surface area (Å²) in [6.45, 7) is 4.38. The molecule has 0 saturated carbocycles. The summed E-state index contributed by atoms with van der Waals surface area (Å²) in [7, 11) is 0. The van der Waals surface area contributed by atoms with Crippen molar-refractivity contribution in [3.63, 3.8) is 0 Å². The van der Waals surface area contributed by atoms with Crippen LogP contribution in [0.15, 0.2) is 24.3 Å². The third-order valence-corrected chi connectivity index (χ3v) is 1.61. The van der Waals surface area contributed by atoms with Gasteiger partial charge in [0.25, 0.3) is 0 Å². The van der Waals surface area contributed by atoms with Gasteiger partial charge in [-0.2, -0.15) is 0 Å². The number of carbonyl (C=O) groups is 1. The van der Waals surface area contributed by atoms with Crippen molar-refractivity contribution in [3.05, 3.63) is 29.8 Å². The van der Waals surface area contributed by atoms with Crippen LogP contribution in [0, 0.1) is 0 Å². The van der Waals surface area contributed by atoms with E-state index in [1.165, 1.54) is 0 Å². The number of ether oxygens (including phenoxy) is 1. The Balaban J connectivity index is 0.000000396. The quantitative estimate of drug-likeness (QED) is 0.665. The van der Waals surface area contributed by atoms with E-state index in [1.807, 2.05) is 38.1 Å². The second-order valence-corrected chi connectivity index (χ2v) is 2.36. The number of para-hydroxylation sites is 1. The van der Waals surface area contributed by atoms with Gasteiger partial charge in [0.2, 0.25) is 0 Å². The number of amides is 1. The van der Waals surface area contributed by atoms with Crippen molar-refractivity contribution < 1.29 is 9.53 Å². The van der Waals surface area contributed by atoms with Gasteiger partial charge in [0.15, 0.2) is 0 Å². The Morgan fingerprint density at radius 3 is 2.77 bits per heavy atom. The van der Waals surface area contributed by atoms with Crippen LogP contribution in [0.4, 0.5) is 10.5 Å². The summed E-state index contributed by atoms with van der Waals surface area (Å²) in [5.74, 6) is 0. The summed E-state index contributed by atoms with van der Waals surface area (Å²) in [6.07, 6.45) is -0.372. The molecule has 0 bridgehead atoms. The normalized spacial score (nSPS) is 12.9. The number of hydrogen-bond donors (Lipinski definition) is 1. The summed E-state index contributed by atoms with van der Waals surface area (Å²) < 4.78 is 4.75. The summed E-state index contributed by atoms with van der Waals surface area (Å²) in [5.41, 5.74) is 1.87. The minimum atomic E-state index is -0.372. The molecule has 0 spiro atoms. The molecule has 13 heavy (non-hydrogen) atoms. The lowest BCUT2D eigenvalue weighted by Crippen LogP contribution is -2.19. The smallest absolute Gasteiger partial charge is 0.411 e. The van der Waals surface area contributed by atoms with E-state index < -0.39 is 0 Å². The highest BCUT2D eigenvalue weighted by Gasteiger charge is 2.13. The molecule has 0 unspecified atom stereocenters. The van der Waals surface area contributed by atoms with E-state index in [-0.39, 0.29) is 6.09 Å². The Bertz CT molecular complexity index is 297. The lowest BCUT2D eigenvalue weighted by Gasteiger charge is -2.16. The fourth-order valence-corrected chi connectivity index (χ4v) is 1.06. The van der Waals surface area contributed by atoms with Gasteiger partial charge in [0.05, 0.1) is 5.69 Å². The molecule has 1 amide bonds. The Kier molecular flexibility index (Phi) is 3.31. The molecule has 0 radical (unpaired) electrons. The molecule has 1 aliphatic heterocycles. The number of rotatable bonds is 0. The maximum atomic E-state index is 10.7. The fourth-order valence-electron chi connectivity index (χ4n) is 1.06. The molecular formula is C10H13NO2. The Morgan fingerprint density at radius 1 is 1.31 bits per heavy atom. The lowest BCUT2D eigenvalue weighted by molar-refractivity contribution is 0.151. The van der Waals surface area contributed by atoms with Crippen molar-refractivity contribution in [1.82, 2.24) is 0 Å². The van der Waals surface area contributed by atoms with Gasteiger partial charge in [0.1, 0.15) is 6.61 Å². The van der Waals surface area contributed by atoms with Crippen LogP contribution in [0.1, 0.15) is 19.4 Å². The molecule has 1 N–H and O–H groups in total. The highest BCUT2D eigenvalue weighted by Crippen LogP contribution is 2.19. The summed E-state index contributed by atoms with van der Waals surface area (Å²) in [5, 5.41) is 2.60. The molecule has 1 aromatic rings. The second-order valence-electron chi connectivity index (χ2n) is 2.36. The van der Waals surface area contributed by atoms with Crippen LogP contribution in [-0.4, -0.2) is 6.09 Å². The van der Waals surface area contributed by atoms with Crippen LogP contribution in [0.3, 0.4) is 0 Å². The summed E-state index contributed by atoms with van der Waals surface area (Å²) in [6, 6.07) is 7.58. The van der Waals surface area contributed by atoms with Crippen molar-refractivity contribution in [2.45, 2.75) is 20.5 Å². The van der Waals surface area contributed by atoms with Gasteiger partial charge in [-0.15, -0.1) is 0 Å². The van der Waals surface area contributed by atoms with Gasteiger partial charge in [-0.3, -0.25) is 5.32 Å². The third kappa shape index (κ3) is 2.21. The first-order valence-electron chi connectivity index (χ1n) is 4.38. The molecule has 0 fully saturated rings. The van der Waals surface area contributed by atoms with Crippen molar-refractivity contribution >= 4 is 11.8 Å². The number of hydrogen-bond acceptors (Lipinski definition) is 2. The number of carbonyl (C=O) groups excluding carboxylic acids is 1. The van der Waals surface area contributed by atoms with Crippen LogP contribution in [0.25, 0.3) is 0 Å². The van der Waals surface area contributed by atoms with Crippen molar-refractivity contribution in [2.75, 3.05) is 5.32 Å². The molecule has 2 rings (SSSR count). The van der Waals surface area contributed by atoms with Gasteiger partial charge in [-0.1, -0.05) is 32.0 Å². The van der Waals surface area contributed by atoms with Gasteiger partial charge in [-0.25, -0.2) is 4.79 Å². The average Bonchev–Trinajstić information content (AvgIpc) is 2.21. The van der Waals surface area contributed by atoms with Gasteiger partial charge < -0.3 is 4.74 Å². The highest BCUT2D eigenvalue weighted by molar-refractivity contribution is 5.87. The first kappa shape index (κ1) is 9.58. The van der Waals surface area contributed by atoms with E-state index in [2.05, 4.69) is 5.32 Å². The summed E-state index contributed by atoms with van der Waals surface area (Å²) >= 11 is 0. The number of fused-ring (bicyclic) bond motifs is 1. The highest BCUT2D eigenvalue weighted by atomic mass is 16.5. The Morgan fingerprint density at radius 2 is 2.00 bits per heavy atom. The molecule has 1 heterocycles. The Labute approximate surface area is 77.7 Å². The van der Waals surface area contributed by atoms with Gasteiger partial charge in [0, 0.05) is 5.56 Å². The molecule has 3 heteroatoms.